The van der Waals surface area contributed by atoms with E-state index in [0.29, 0.717) is 19.3 Å². The summed E-state index contributed by atoms with van der Waals surface area (Å²) in [4.78, 5) is 37.8. The Morgan fingerprint density at radius 2 is 0.667 bits per heavy atom. The average molecular weight is 833 g/mol. The van der Waals surface area contributed by atoms with Crippen LogP contribution in [0, 0.1) is 0 Å². The Labute approximate surface area is 368 Å². The van der Waals surface area contributed by atoms with Crippen LogP contribution in [-0.2, 0) is 28.6 Å². The van der Waals surface area contributed by atoms with Gasteiger partial charge in [-0.15, -0.1) is 0 Å². The van der Waals surface area contributed by atoms with Gasteiger partial charge < -0.3 is 14.2 Å². The van der Waals surface area contributed by atoms with Crippen molar-refractivity contribution >= 4 is 17.9 Å². The highest BCUT2D eigenvalue weighted by Gasteiger charge is 2.19. The highest BCUT2D eigenvalue weighted by molar-refractivity contribution is 5.71. The lowest BCUT2D eigenvalue weighted by atomic mass is 10.1. The summed E-state index contributed by atoms with van der Waals surface area (Å²) in [6.07, 6.45) is 62.4. The molecule has 6 heteroatoms. The second kappa shape index (κ2) is 48.0. The molecule has 0 aliphatic carbocycles. The number of carbonyl (C=O) groups is 3. The van der Waals surface area contributed by atoms with Crippen molar-refractivity contribution in [3.63, 3.8) is 0 Å². The molecule has 0 aliphatic heterocycles. The molecule has 0 saturated carbocycles. The molecule has 0 bridgehead atoms. The zero-order valence-corrected chi connectivity index (χ0v) is 38.7. The zero-order valence-electron chi connectivity index (χ0n) is 38.7. The van der Waals surface area contributed by atoms with Crippen molar-refractivity contribution in [2.75, 3.05) is 13.2 Å². The summed E-state index contributed by atoms with van der Waals surface area (Å²) in [5, 5.41) is 0. The normalized spacial score (nSPS) is 12.9. The van der Waals surface area contributed by atoms with Gasteiger partial charge in [-0.05, 0) is 64.2 Å². The van der Waals surface area contributed by atoms with Crippen molar-refractivity contribution in [2.24, 2.45) is 0 Å². The zero-order chi connectivity index (χ0) is 43.7. The molecule has 0 aromatic rings. The van der Waals surface area contributed by atoms with E-state index < -0.39 is 6.10 Å². The standard InChI is InChI=1S/C54H88O6/c1-4-7-10-13-16-19-21-23-25-26-27-28-29-31-32-35-38-41-44-47-53(56)59-50-51(49-58-52(55)46-43-40-37-34-18-15-12-9-6-3)60-54(57)48-45-42-39-36-33-30-24-22-20-17-14-11-8-5-2/h7,10,13,16,19,21,23,25-33,51H,4-6,8-9,11-12,14-15,17-18,20,22,24,34-50H2,1-3H3/b10-7-,16-13-,21-19-,25-23-,27-26+,29-28-,32-31-,33-30-. The molecule has 6 nitrogen and oxygen atoms in total. The van der Waals surface area contributed by atoms with E-state index in [2.05, 4.69) is 45.1 Å². The molecule has 1 unspecified atom stereocenters. The maximum Gasteiger partial charge on any atom is 0.306 e. The van der Waals surface area contributed by atoms with Crippen LogP contribution in [0.1, 0.15) is 207 Å². The van der Waals surface area contributed by atoms with Crippen LogP contribution < -0.4 is 0 Å². The van der Waals surface area contributed by atoms with Gasteiger partial charge in [-0.1, -0.05) is 221 Å². The molecule has 0 aliphatic rings. The third-order valence-corrected chi connectivity index (χ3v) is 10.0. The van der Waals surface area contributed by atoms with E-state index in [9.17, 15) is 14.4 Å². The van der Waals surface area contributed by atoms with E-state index in [-0.39, 0.29) is 31.1 Å². The number of hydrogen-bond donors (Lipinski definition) is 0. The molecule has 60 heavy (non-hydrogen) atoms. The molecule has 0 N–H and O–H groups in total. The molecule has 0 amide bonds. The molecular formula is C54H88O6. The second-order valence-corrected chi connectivity index (χ2v) is 15.8. The van der Waals surface area contributed by atoms with Crippen LogP contribution in [0.15, 0.2) is 97.2 Å². The predicted octanol–water partition coefficient (Wildman–Crippen LogP) is 15.8. The van der Waals surface area contributed by atoms with Crippen molar-refractivity contribution < 1.29 is 28.6 Å². The van der Waals surface area contributed by atoms with Crippen molar-refractivity contribution in [2.45, 2.75) is 213 Å². The van der Waals surface area contributed by atoms with Crippen LogP contribution in [0.5, 0.6) is 0 Å². The van der Waals surface area contributed by atoms with Gasteiger partial charge in [0.15, 0.2) is 6.10 Å². The summed E-state index contributed by atoms with van der Waals surface area (Å²) in [7, 11) is 0. The fourth-order valence-electron chi connectivity index (χ4n) is 6.36. The number of carbonyl (C=O) groups excluding carboxylic acids is 3. The first-order valence-corrected chi connectivity index (χ1v) is 24.3. The summed E-state index contributed by atoms with van der Waals surface area (Å²) in [6.45, 7) is 6.40. The van der Waals surface area contributed by atoms with Gasteiger partial charge in [0.2, 0.25) is 0 Å². The van der Waals surface area contributed by atoms with Gasteiger partial charge in [0.1, 0.15) is 13.2 Å². The van der Waals surface area contributed by atoms with Crippen LogP contribution >= 0.6 is 0 Å². The van der Waals surface area contributed by atoms with E-state index in [1.54, 1.807) is 0 Å². The summed E-state index contributed by atoms with van der Waals surface area (Å²) in [5.74, 6) is -0.970. The minimum atomic E-state index is -0.801. The number of allylic oxidation sites excluding steroid dienone is 16. The van der Waals surface area contributed by atoms with E-state index in [1.165, 1.54) is 83.5 Å². The molecular weight excluding hydrogens is 745 g/mol. The van der Waals surface area contributed by atoms with Gasteiger partial charge in [0.25, 0.3) is 0 Å². The lowest BCUT2D eigenvalue weighted by Crippen LogP contribution is -2.30. The third-order valence-electron chi connectivity index (χ3n) is 10.0. The van der Waals surface area contributed by atoms with Gasteiger partial charge in [-0.25, -0.2) is 0 Å². The Morgan fingerprint density at radius 1 is 0.350 bits per heavy atom. The minimum Gasteiger partial charge on any atom is -0.462 e. The minimum absolute atomic E-state index is 0.0985. The van der Waals surface area contributed by atoms with Crippen molar-refractivity contribution in [3.05, 3.63) is 97.2 Å². The molecule has 1 atom stereocenters. The maximum absolute atomic E-state index is 12.7. The molecule has 0 spiro atoms. The van der Waals surface area contributed by atoms with E-state index in [1.807, 2.05) is 72.9 Å². The maximum atomic E-state index is 12.7. The highest BCUT2D eigenvalue weighted by atomic mass is 16.6. The van der Waals surface area contributed by atoms with Gasteiger partial charge in [0.05, 0.1) is 0 Å². The summed E-state index contributed by atoms with van der Waals surface area (Å²) in [6, 6.07) is 0. The Bertz CT molecular complexity index is 1230. The van der Waals surface area contributed by atoms with Gasteiger partial charge >= 0.3 is 17.9 Å². The van der Waals surface area contributed by atoms with Crippen molar-refractivity contribution in [1.29, 1.82) is 0 Å². The highest BCUT2D eigenvalue weighted by Crippen LogP contribution is 2.13. The summed E-state index contributed by atoms with van der Waals surface area (Å²) >= 11 is 0. The molecule has 0 radical (unpaired) electrons. The monoisotopic (exact) mass is 833 g/mol. The molecule has 0 aromatic carbocycles. The predicted molar refractivity (Wildman–Crippen MR) is 256 cm³/mol. The first kappa shape index (κ1) is 56.3. The molecule has 0 fully saturated rings. The number of rotatable bonds is 42. The molecule has 0 saturated heterocycles. The second-order valence-electron chi connectivity index (χ2n) is 15.8. The van der Waals surface area contributed by atoms with Crippen LogP contribution in [0.25, 0.3) is 0 Å². The smallest absolute Gasteiger partial charge is 0.306 e. The number of unbranched alkanes of at least 4 members (excludes halogenated alkanes) is 21. The van der Waals surface area contributed by atoms with Gasteiger partial charge in [0, 0.05) is 19.3 Å². The third kappa shape index (κ3) is 45.4. The molecule has 340 valence electrons. The summed E-state index contributed by atoms with van der Waals surface area (Å²) < 4.78 is 16.7. The molecule has 0 rings (SSSR count). The Hall–Kier alpha value is -3.67. The van der Waals surface area contributed by atoms with E-state index in [0.717, 1.165) is 83.5 Å². The van der Waals surface area contributed by atoms with Crippen LogP contribution in [0.4, 0.5) is 0 Å². The SMILES string of the molecule is CC\C=C/C=C\C=C/C=C\C=C\C=C/C=C\CCCCCC(=O)OCC(COC(=O)CCCCCCCCCCC)OC(=O)CCCCC/C=C\CCCCCCCCC. The number of esters is 3. The van der Waals surface area contributed by atoms with E-state index >= 15 is 0 Å². The van der Waals surface area contributed by atoms with Gasteiger partial charge in [-0.2, -0.15) is 0 Å². The molecule has 0 heterocycles. The largest absolute Gasteiger partial charge is 0.462 e. The first-order chi connectivity index (χ1) is 29.5. The fourth-order valence-corrected chi connectivity index (χ4v) is 6.36. The average Bonchev–Trinajstić information content (AvgIpc) is 3.24. The number of ether oxygens (including phenoxy) is 3. The Kier molecular flexibility index (Phi) is 45.1. The number of hydrogen-bond acceptors (Lipinski definition) is 6. The van der Waals surface area contributed by atoms with Crippen LogP contribution in [-0.4, -0.2) is 37.2 Å². The quantitative estimate of drug-likeness (QED) is 0.0200. The fraction of sp³-hybridized carbons (Fsp3) is 0.648. The Balaban J connectivity index is 4.49. The first-order valence-electron chi connectivity index (χ1n) is 24.3. The topological polar surface area (TPSA) is 78.9 Å². The lowest BCUT2D eigenvalue weighted by molar-refractivity contribution is -0.167. The van der Waals surface area contributed by atoms with Crippen LogP contribution in [0.3, 0.4) is 0 Å². The van der Waals surface area contributed by atoms with Gasteiger partial charge in [-0.3, -0.25) is 14.4 Å². The molecule has 0 aromatic heterocycles. The lowest BCUT2D eigenvalue weighted by Gasteiger charge is -2.18. The van der Waals surface area contributed by atoms with Crippen molar-refractivity contribution in [1.82, 2.24) is 0 Å². The summed E-state index contributed by atoms with van der Waals surface area (Å²) in [5.41, 5.74) is 0. The van der Waals surface area contributed by atoms with Crippen molar-refractivity contribution in [3.8, 4) is 0 Å². The van der Waals surface area contributed by atoms with E-state index in [4.69, 9.17) is 14.2 Å². The van der Waals surface area contributed by atoms with Crippen LogP contribution in [0.2, 0.25) is 0 Å². The Morgan fingerprint density at radius 3 is 1.08 bits per heavy atom.